The minimum Gasteiger partial charge on any atom is -0.363 e. The van der Waals surface area contributed by atoms with E-state index in [0.29, 0.717) is 0 Å². The van der Waals surface area contributed by atoms with E-state index in [1.165, 1.54) is 19.3 Å². The van der Waals surface area contributed by atoms with Crippen LogP contribution in [0, 0.1) is 0 Å². The lowest BCUT2D eigenvalue weighted by molar-refractivity contribution is -0.0466. The average Bonchev–Trinajstić information content (AvgIpc) is 2.71. The zero-order valence-electron chi connectivity index (χ0n) is 9.82. The summed E-state index contributed by atoms with van der Waals surface area (Å²) in [5.41, 5.74) is 5.93. The van der Waals surface area contributed by atoms with Crippen molar-refractivity contribution in [3.63, 3.8) is 0 Å². The standard InChI is InChI=1S/C12H24N2O/c1-3-5-6-10-15-12-8-7-9-14(12)11(13)4-2/h4,11-12H,2-3,5-10,13H2,1H3. The fourth-order valence-electron chi connectivity index (χ4n) is 1.99. The highest BCUT2D eigenvalue weighted by Crippen LogP contribution is 2.20. The third-order valence-electron chi connectivity index (χ3n) is 2.92. The van der Waals surface area contributed by atoms with E-state index in [-0.39, 0.29) is 12.4 Å². The van der Waals surface area contributed by atoms with E-state index < -0.39 is 0 Å². The van der Waals surface area contributed by atoms with Crippen LogP contribution < -0.4 is 5.73 Å². The first kappa shape index (κ1) is 12.7. The molecule has 2 atom stereocenters. The van der Waals surface area contributed by atoms with E-state index in [4.69, 9.17) is 10.5 Å². The summed E-state index contributed by atoms with van der Waals surface area (Å²) in [6.45, 7) is 7.82. The number of nitrogens with two attached hydrogens (primary N) is 1. The van der Waals surface area contributed by atoms with Crippen molar-refractivity contribution in [1.82, 2.24) is 4.90 Å². The molecule has 0 aromatic heterocycles. The Kier molecular flexibility index (Phi) is 5.91. The molecule has 1 saturated heterocycles. The molecule has 0 radical (unpaired) electrons. The van der Waals surface area contributed by atoms with Crippen molar-refractivity contribution in [3.8, 4) is 0 Å². The van der Waals surface area contributed by atoms with Gasteiger partial charge in [0, 0.05) is 13.2 Å². The Bertz CT molecular complexity index is 184. The number of nitrogens with zero attached hydrogens (tertiary/aromatic N) is 1. The minimum absolute atomic E-state index is 0.0522. The Morgan fingerprint density at radius 1 is 1.60 bits per heavy atom. The molecule has 0 bridgehead atoms. The molecule has 1 rings (SSSR count). The van der Waals surface area contributed by atoms with Gasteiger partial charge in [0.15, 0.2) is 0 Å². The molecule has 15 heavy (non-hydrogen) atoms. The maximum Gasteiger partial charge on any atom is 0.112 e. The van der Waals surface area contributed by atoms with E-state index in [1.807, 2.05) is 0 Å². The molecule has 0 aromatic carbocycles. The fraction of sp³-hybridized carbons (Fsp3) is 0.833. The topological polar surface area (TPSA) is 38.5 Å². The molecule has 2 N–H and O–H groups in total. The molecule has 0 saturated carbocycles. The normalized spacial score (nSPS) is 24.3. The summed E-state index contributed by atoms with van der Waals surface area (Å²) < 4.78 is 5.84. The molecular weight excluding hydrogens is 188 g/mol. The number of hydrogen-bond acceptors (Lipinski definition) is 3. The summed E-state index contributed by atoms with van der Waals surface area (Å²) in [7, 11) is 0. The molecule has 0 aliphatic carbocycles. The number of unbranched alkanes of at least 4 members (excludes halogenated alkanes) is 2. The number of ether oxygens (including phenoxy) is 1. The van der Waals surface area contributed by atoms with Gasteiger partial charge in [-0.15, -0.1) is 6.58 Å². The molecule has 0 spiro atoms. The predicted octanol–water partition coefficient (Wildman–Crippen LogP) is 2.09. The van der Waals surface area contributed by atoms with Crippen LogP contribution in [0.25, 0.3) is 0 Å². The highest BCUT2D eigenvalue weighted by Gasteiger charge is 2.27. The minimum atomic E-state index is -0.0522. The molecule has 2 unspecified atom stereocenters. The Morgan fingerprint density at radius 3 is 3.07 bits per heavy atom. The van der Waals surface area contributed by atoms with E-state index >= 15 is 0 Å². The molecule has 0 aromatic rings. The summed E-state index contributed by atoms with van der Waals surface area (Å²) in [5, 5.41) is 0. The molecule has 0 amide bonds. The Labute approximate surface area is 93.3 Å². The lowest BCUT2D eigenvalue weighted by Crippen LogP contribution is -2.44. The Balaban J connectivity index is 2.24. The van der Waals surface area contributed by atoms with Crippen LogP contribution in [0.3, 0.4) is 0 Å². The number of rotatable bonds is 7. The van der Waals surface area contributed by atoms with Crippen LogP contribution in [0.15, 0.2) is 12.7 Å². The van der Waals surface area contributed by atoms with E-state index in [0.717, 1.165) is 26.0 Å². The molecular formula is C12H24N2O. The predicted molar refractivity (Wildman–Crippen MR) is 63.4 cm³/mol. The third-order valence-corrected chi connectivity index (χ3v) is 2.92. The third kappa shape index (κ3) is 3.93. The van der Waals surface area contributed by atoms with Crippen molar-refractivity contribution >= 4 is 0 Å². The van der Waals surface area contributed by atoms with E-state index in [1.54, 1.807) is 6.08 Å². The lowest BCUT2D eigenvalue weighted by Gasteiger charge is -2.28. The molecule has 1 fully saturated rings. The van der Waals surface area contributed by atoms with Crippen molar-refractivity contribution in [2.24, 2.45) is 5.73 Å². The van der Waals surface area contributed by atoms with Crippen LogP contribution in [-0.2, 0) is 4.74 Å². The second kappa shape index (κ2) is 6.99. The highest BCUT2D eigenvalue weighted by molar-refractivity contribution is 4.87. The average molecular weight is 212 g/mol. The van der Waals surface area contributed by atoms with Gasteiger partial charge >= 0.3 is 0 Å². The van der Waals surface area contributed by atoms with Crippen molar-refractivity contribution < 1.29 is 4.74 Å². The van der Waals surface area contributed by atoms with Crippen LogP contribution in [0.5, 0.6) is 0 Å². The van der Waals surface area contributed by atoms with Crippen LogP contribution in [-0.4, -0.2) is 30.4 Å². The lowest BCUT2D eigenvalue weighted by atomic mass is 10.3. The van der Waals surface area contributed by atoms with E-state index in [9.17, 15) is 0 Å². The summed E-state index contributed by atoms with van der Waals surface area (Å²) in [5.74, 6) is 0. The van der Waals surface area contributed by atoms with Gasteiger partial charge in [0.1, 0.15) is 6.23 Å². The van der Waals surface area contributed by atoms with Crippen molar-refractivity contribution in [2.45, 2.75) is 51.4 Å². The number of hydrogen-bond donors (Lipinski definition) is 1. The van der Waals surface area contributed by atoms with Gasteiger partial charge in [0.05, 0.1) is 6.17 Å². The van der Waals surface area contributed by atoms with Gasteiger partial charge in [-0.05, 0) is 19.3 Å². The van der Waals surface area contributed by atoms with Gasteiger partial charge in [-0.25, -0.2) is 0 Å². The molecule has 3 nitrogen and oxygen atoms in total. The second-order valence-electron chi connectivity index (χ2n) is 4.14. The molecule has 1 heterocycles. The molecule has 1 aliphatic rings. The summed E-state index contributed by atoms with van der Waals surface area (Å²) in [6.07, 6.45) is 7.88. The van der Waals surface area contributed by atoms with Crippen LogP contribution >= 0.6 is 0 Å². The monoisotopic (exact) mass is 212 g/mol. The van der Waals surface area contributed by atoms with Gasteiger partial charge in [0.2, 0.25) is 0 Å². The first-order valence-corrected chi connectivity index (χ1v) is 6.05. The summed E-state index contributed by atoms with van der Waals surface area (Å²) >= 11 is 0. The zero-order valence-corrected chi connectivity index (χ0v) is 9.82. The van der Waals surface area contributed by atoms with Gasteiger partial charge in [-0.1, -0.05) is 25.8 Å². The molecule has 1 aliphatic heterocycles. The maximum atomic E-state index is 5.93. The Hall–Kier alpha value is -0.380. The summed E-state index contributed by atoms with van der Waals surface area (Å²) in [4.78, 5) is 2.19. The van der Waals surface area contributed by atoms with Crippen molar-refractivity contribution in [3.05, 3.63) is 12.7 Å². The van der Waals surface area contributed by atoms with Crippen molar-refractivity contribution in [2.75, 3.05) is 13.2 Å². The highest BCUT2D eigenvalue weighted by atomic mass is 16.5. The quantitative estimate of drug-likeness (QED) is 0.519. The second-order valence-corrected chi connectivity index (χ2v) is 4.14. The first-order chi connectivity index (χ1) is 7.29. The number of likely N-dealkylation sites (tertiary alicyclic amines) is 1. The summed E-state index contributed by atoms with van der Waals surface area (Å²) in [6, 6.07) is 0. The van der Waals surface area contributed by atoms with Gasteiger partial charge < -0.3 is 10.5 Å². The SMILES string of the molecule is C=CC(N)N1CCCC1OCCCCC. The fourth-order valence-corrected chi connectivity index (χ4v) is 1.99. The maximum absolute atomic E-state index is 5.93. The molecule has 3 heteroatoms. The van der Waals surface area contributed by atoms with Crippen molar-refractivity contribution in [1.29, 1.82) is 0 Å². The van der Waals surface area contributed by atoms with E-state index in [2.05, 4.69) is 18.4 Å². The van der Waals surface area contributed by atoms with Crippen LogP contribution in [0.2, 0.25) is 0 Å². The largest absolute Gasteiger partial charge is 0.363 e. The molecule has 88 valence electrons. The Morgan fingerprint density at radius 2 is 2.40 bits per heavy atom. The van der Waals surface area contributed by atoms with Gasteiger partial charge in [-0.3, -0.25) is 4.90 Å². The van der Waals surface area contributed by atoms with Gasteiger partial charge in [-0.2, -0.15) is 0 Å². The smallest absolute Gasteiger partial charge is 0.112 e. The first-order valence-electron chi connectivity index (χ1n) is 6.05. The zero-order chi connectivity index (χ0) is 11.1. The van der Waals surface area contributed by atoms with Gasteiger partial charge in [0.25, 0.3) is 0 Å². The van der Waals surface area contributed by atoms with Crippen LogP contribution in [0.1, 0.15) is 39.0 Å². The van der Waals surface area contributed by atoms with Crippen LogP contribution in [0.4, 0.5) is 0 Å².